The summed E-state index contributed by atoms with van der Waals surface area (Å²) in [6.07, 6.45) is 0. The molecule has 2 N–H and O–H groups in total. The minimum absolute atomic E-state index is 0.0476. The molecule has 8 heteroatoms. The molecule has 0 unspecified atom stereocenters. The predicted molar refractivity (Wildman–Crippen MR) is 57.3 cm³/mol. The third kappa shape index (κ3) is 3.65. The molecule has 0 radical (unpaired) electrons. The number of primary sulfonamides is 1. The maximum atomic E-state index is 10.9. The summed E-state index contributed by atoms with van der Waals surface area (Å²) in [5.41, 5.74) is 0.327. The number of nitrogens with zero attached hydrogens (tertiary/aromatic N) is 4. The second-order valence-electron chi connectivity index (χ2n) is 2.92. The minimum Gasteiger partial charge on any atom is -0.225 e. The van der Waals surface area contributed by atoms with E-state index in [9.17, 15) is 8.42 Å². The van der Waals surface area contributed by atoms with Gasteiger partial charge in [-0.15, -0.1) is 0 Å². The first-order valence-electron chi connectivity index (χ1n) is 4.30. The van der Waals surface area contributed by atoms with Gasteiger partial charge in [0.15, 0.2) is 0 Å². The topological polar surface area (TPSA) is 132 Å². The second kappa shape index (κ2) is 5.16. The average Bonchev–Trinajstić information content (AvgIpc) is 2.30. The van der Waals surface area contributed by atoms with Crippen LogP contribution in [0, 0.1) is 22.7 Å². The number of benzene rings is 1. The van der Waals surface area contributed by atoms with Gasteiger partial charge in [0.1, 0.15) is 12.1 Å². The van der Waals surface area contributed by atoms with E-state index in [1.165, 1.54) is 24.3 Å². The van der Waals surface area contributed by atoms with E-state index in [4.69, 9.17) is 15.7 Å². The fourth-order valence-corrected chi connectivity index (χ4v) is 1.42. The Morgan fingerprint density at radius 3 is 2.12 bits per heavy atom. The zero-order valence-electron chi connectivity index (χ0n) is 8.48. The zero-order chi connectivity index (χ0) is 12.9. The van der Waals surface area contributed by atoms with Crippen LogP contribution in [0.3, 0.4) is 0 Å². The molecule has 0 aliphatic heterocycles. The van der Waals surface area contributed by atoms with Crippen molar-refractivity contribution >= 4 is 15.7 Å². The summed E-state index contributed by atoms with van der Waals surface area (Å²) in [4.78, 5) is -0.0476. The monoisotopic (exact) mass is 249 g/mol. The summed E-state index contributed by atoms with van der Waals surface area (Å²) >= 11 is 0. The van der Waals surface area contributed by atoms with E-state index in [0.717, 1.165) is 0 Å². The summed E-state index contributed by atoms with van der Waals surface area (Å²) in [6, 6.07) is 7.33. The molecule has 1 aromatic rings. The van der Waals surface area contributed by atoms with Gasteiger partial charge >= 0.3 is 0 Å². The van der Waals surface area contributed by atoms with Crippen LogP contribution in [-0.4, -0.2) is 14.5 Å². The van der Waals surface area contributed by atoms with Gasteiger partial charge in [-0.05, 0) is 24.3 Å². The molecule has 0 amide bonds. The highest BCUT2D eigenvalue weighted by atomic mass is 32.2. The Morgan fingerprint density at radius 2 is 1.71 bits per heavy atom. The summed E-state index contributed by atoms with van der Waals surface area (Å²) in [7, 11) is -3.74. The highest BCUT2D eigenvalue weighted by molar-refractivity contribution is 7.89. The third-order valence-corrected chi connectivity index (χ3v) is 2.63. The zero-order valence-corrected chi connectivity index (χ0v) is 9.29. The van der Waals surface area contributed by atoms with E-state index in [2.05, 4.69) is 10.2 Å². The van der Waals surface area contributed by atoms with Crippen molar-refractivity contribution in [3.8, 4) is 12.1 Å². The maximum Gasteiger partial charge on any atom is 0.242 e. The summed E-state index contributed by atoms with van der Waals surface area (Å²) in [5, 5.41) is 28.8. The maximum absolute atomic E-state index is 10.9. The van der Waals surface area contributed by atoms with Gasteiger partial charge in [-0.2, -0.15) is 20.8 Å². The highest BCUT2D eigenvalue weighted by Crippen LogP contribution is 2.16. The number of nitriles is 2. The number of azo groups is 1. The molecule has 0 atom stereocenters. The fourth-order valence-electron chi connectivity index (χ4n) is 0.907. The van der Waals surface area contributed by atoms with Crippen molar-refractivity contribution in [2.75, 3.05) is 0 Å². The molecule has 17 heavy (non-hydrogen) atoms. The van der Waals surface area contributed by atoms with E-state index in [0.29, 0.717) is 5.69 Å². The summed E-state index contributed by atoms with van der Waals surface area (Å²) in [6.45, 7) is 0. The molecule has 0 bridgehead atoms. The van der Waals surface area contributed by atoms with Gasteiger partial charge < -0.3 is 0 Å². The van der Waals surface area contributed by atoms with Crippen LogP contribution in [0.25, 0.3) is 0 Å². The fraction of sp³-hybridized carbons (Fsp3) is 0.111. The third-order valence-electron chi connectivity index (χ3n) is 1.70. The number of nitrogens with two attached hydrogens (primary N) is 1. The number of hydrogen-bond acceptors (Lipinski definition) is 6. The van der Waals surface area contributed by atoms with Crippen LogP contribution >= 0.6 is 0 Å². The summed E-state index contributed by atoms with van der Waals surface area (Å²) < 4.78 is 21.9. The van der Waals surface area contributed by atoms with E-state index < -0.39 is 16.1 Å². The van der Waals surface area contributed by atoms with Crippen molar-refractivity contribution in [3.05, 3.63) is 24.3 Å². The molecule has 0 saturated carbocycles. The van der Waals surface area contributed by atoms with Crippen molar-refractivity contribution in [3.63, 3.8) is 0 Å². The van der Waals surface area contributed by atoms with Gasteiger partial charge in [-0.25, -0.2) is 13.6 Å². The highest BCUT2D eigenvalue weighted by Gasteiger charge is 2.06. The van der Waals surface area contributed by atoms with E-state index in [1.807, 2.05) is 0 Å². The Morgan fingerprint density at radius 1 is 1.18 bits per heavy atom. The first-order valence-corrected chi connectivity index (χ1v) is 5.85. The van der Waals surface area contributed by atoms with Crippen LogP contribution in [0.2, 0.25) is 0 Å². The Kier molecular flexibility index (Phi) is 3.88. The second-order valence-corrected chi connectivity index (χ2v) is 4.48. The Labute approximate surface area is 97.9 Å². The first-order chi connectivity index (χ1) is 7.97. The lowest BCUT2D eigenvalue weighted by Crippen LogP contribution is -2.11. The molecule has 7 nitrogen and oxygen atoms in total. The molecule has 0 aliphatic rings. The molecular formula is C9H7N5O2S. The Hall–Kier alpha value is -2.29. The molecule has 0 fully saturated rings. The molecule has 1 rings (SSSR count). The predicted octanol–water partition coefficient (Wildman–Crippen LogP) is 0.833. The lowest BCUT2D eigenvalue weighted by atomic mass is 10.3. The largest absolute Gasteiger partial charge is 0.242 e. The van der Waals surface area contributed by atoms with Gasteiger partial charge in [0.05, 0.1) is 10.6 Å². The minimum atomic E-state index is -3.74. The van der Waals surface area contributed by atoms with Crippen LogP contribution in [0.5, 0.6) is 0 Å². The van der Waals surface area contributed by atoms with Crippen LogP contribution in [0.1, 0.15) is 0 Å². The quantitative estimate of drug-likeness (QED) is 0.794. The van der Waals surface area contributed by atoms with E-state index >= 15 is 0 Å². The molecule has 0 saturated heterocycles. The van der Waals surface area contributed by atoms with Crippen molar-refractivity contribution in [2.24, 2.45) is 15.4 Å². The molecular weight excluding hydrogens is 242 g/mol. The Bertz CT molecular complexity index is 592. The number of hydrogen-bond donors (Lipinski definition) is 1. The van der Waals surface area contributed by atoms with Crippen LogP contribution in [0.4, 0.5) is 5.69 Å². The van der Waals surface area contributed by atoms with Crippen LogP contribution in [-0.2, 0) is 10.0 Å². The number of sulfonamides is 1. The molecule has 86 valence electrons. The first kappa shape index (κ1) is 12.8. The molecule has 0 heterocycles. The number of rotatable bonds is 3. The summed E-state index contributed by atoms with van der Waals surface area (Å²) in [5.74, 6) is 0. The molecule has 1 aromatic carbocycles. The van der Waals surface area contributed by atoms with Crippen LogP contribution < -0.4 is 5.14 Å². The van der Waals surface area contributed by atoms with Crippen LogP contribution in [0.15, 0.2) is 39.4 Å². The lowest BCUT2D eigenvalue weighted by Gasteiger charge is -1.97. The van der Waals surface area contributed by atoms with Gasteiger partial charge in [-0.3, -0.25) is 0 Å². The van der Waals surface area contributed by atoms with E-state index in [-0.39, 0.29) is 4.90 Å². The Balaban J connectivity index is 2.92. The van der Waals surface area contributed by atoms with Gasteiger partial charge in [0, 0.05) is 0 Å². The lowest BCUT2D eigenvalue weighted by molar-refractivity contribution is 0.598. The smallest absolute Gasteiger partial charge is 0.225 e. The van der Waals surface area contributed by atoms with Crippen molar-refractivity contribution in [1.29, 1.82) is 10.5 Å². The normalized spacial score (nSPS) is 11.3. The van der Waals surface area contributed by atoms with Crippen molar-refractivity contribution in [1.82, 2.24) is 0 Å². The SMILES string of the molecule is N#CC(C#N)N=Nc1ccc(S(N)(=O)=O)cc1. The molecule has 0 aliphatic carbocycles. The van der Waals surface area contributed by atoms with E-state index in [1.54, 1.807) is 12.1 Å². The van der Waals surface area contributed by atoms with Gasteiger partial charge in [0.25, 0.3) is 0 Å². The standard InChI is InChI=1S/C9H7N5O2S/c10-5-8(6-11)14-13-7-1-3-9(4-2-7)17(12,15)16/h1-4,8H,(H2,12,15,16). The van der Waals surface area contributed by atoms with Gasteiger partial charge in [0.2, 0.25) is 16.1 Å². The molecule has 0 spiro atoms. The van der Waals surface area contributed by atoms with Crippen molar-refractivity contribution in [2.45, 2.75) is 10.9 Å². The molecule has 0 aromatic heterocycles. The van der Waals surface area contributed by atoms with Crippen molar-refractivity contribution < 1.29 is 8.42 Å². The average molecular weight is 249 g/mol. The van der Waals surface area contributed by atoms with Gasteiger partial charge in [-0.1, -0.05) is 0 Å².